The Balaban J connectivity index is 1.90. The van der Waals surface area contributed by atoms with E-state index >= 15 is 0 Å². The van der Waals surface area contributed by atoms with E-state index in [9.17, 15) is 4.79 Å². The third kappa shape index (κ3) is 3.23. The minimum Gasteiger partial charge on any atom is -0.444 e. The highest BCUT2D eigenvalue weighted by molar-refractivity contribution is 5.68. The second kappa shape index (κ2) is 4.98. The summed E-state index contributed by atoms with van der Waals surface area (Å²) in [7, 11) is 0. The van der Waals surface area contributed by atoms with Gasteiger partial charge in [0.1, 0.15) is 11.7 Å². The van der Waals surface area contributed by atoms with Gasteiger partial charge >= 0.3 is 6.09 Å². The molecule has 1 amide bonds. The Hall–Kier alpha value is -1.55. The number of alkyl carbamates (subject to hydrolysis) is 1. The molecule has 0 aromatic heterocycles. The second-order valence-corrected chi connectivity index (χ2v) is 5.42. The van der Waals surface area contributed by atoms with Gasteiger partial charge in [0.15, 0.2) is 0 Å². The molecule has 2 atom stereocenters. The first-order valence-corrected chi connectivity index (χ1v) is 6.12. The van der Waals surface area contributed by atoms with Crippen molar-refractivity contribution in [1.82, 2.24) is 5.32 Å². The maximum absolute atomic E-state index is 11.6. The lowest BCUT2D eigenvalue weighted by Crippen LogP contribution is -2.51. The Morgan fingerprint density at radius 3 is 2.50 bits per heavy atom. The Morgan fingerprint density at radius 1 is 1.33 bits per heavy atom. The zero-order chi connectivity index (χ0) is 13.2. The van der Waals surface area contributed by atoms with Gasteiger partial charge in [0.25, 0.3) is 0 Å². The standard InChI is InChI=1S/C14H19NO3/c1-14(2,3)18-13(16)15-11-9-17-12(11)10-7-5-4-6-8-10/h4-8,11-12H,9H2,1-3H3,(H,15,16)/t11-,12+/m1/s1. The first kappa shape index (κ1) is 12.9. The van der Waals surface area contributed by atoms with Crippen LogP contribution >= 0.6 is 0 Å². The molecule has 1 aliphatic rings. The van der Waals surface area contributed by atoms with E-state index in [1.807, 2.05) is 51.1 Å². The molecule has 0 unspecified atom stereocenters. The largest absolute Gasteiger partial charge is 0.444 e. The molecular formula is C14H19NO3. The molecule has 1 fully saturated rings. The average molecular weight is 249 g/mol. The summed E-state index contributed by atoms with van der Waals surface area (Å²) in [5, 5.41) is 2.84. The van der Waals surface area contributed by atoms with Crippen molar-refractivity contribution >= 4 is 6.09 Å². The molecule has 0 saturated carbocycles. The fourth-order valence-corrected chi connectivity index (χ4v) is 1.84. The normalized spacial score (nSPS) is 23.1. The minimum absolute atomic E-state index is 0.0118. The van der Waals surface area contributed by atoms with E-state index in [1.165, 1.54) is 0 Å². The van der Waals surface area contributed by atoms with Crippen molar-refractivity contribution in [2.75, 3.05) is 6.61 Å². The van der Waals surface area contributed by atoms with Gasteiger partial charge in [0.2, 0.25) is 0 Å². The third-order valence-corrected chi connectivity index (χ3v) is 2.65. The number of hydrogen-bond acceptors (Lipinski definition) is 3. The smallest absolute Gasteiger partial charge is 0.408 e. The summed E-state index contributed by atoms with van der Waals surface area (Å²) >= 11 is 0. The lowest BCUT2D eigenvalue weighted by atomic mass is 9.98. The lowest BCUT2D eigenvalue weighted by molar-refractivity contribution is -0.0901. The molecule has 18 heavy (non-hydrogen) atoms. The molecule has 4 heteroatoms. The van der Waals surface area contributed by atoms with Crippen LogP contribution < -0.4 is 5.32 Å². The molecule has 98 valence electrons. The molecule has 1 saturated heterocycles. The van der Waals surface area contributed by atoms with Gasteiger partial charge in [-0.1, -0.05) is 30.3 Å². The van der Waals surface area contributed by atoms with Gasteiger partial charge in [-0.05, 0) is 26.3 Å². The van der Waals surface area contributed by atoms with Gasteiger partial charge in [-0.25, -0.2) is 4.79 Å². The van der Waals surface area contributed by atoms with Crippen molar-refractivity contribution in [1.29, 1.82) is 0 Å². The number of hydrogen-bond donors (Lipinski definition) is 1. The van der Waals surface area contributed by atoms with Crippen LogP contribution in [0, 0.1) is 0 Å². The number of rotatable bonds is 2. The molecule has 1 aromatic rings. The van der Waals surface area contributed by atoms with Crippen molar-refractivity contribution in [2.24, 2.45) is 0 Å². The van der Waals surface area contributed by atoms with Gasteiger partial charge in [0.05, 0.1) is 12.6 Å². The molecular weight excluding hydrogens is 230 g/mol. The molecule has 1 N–H and O–H groups in total. The maximum atomic E-state index is 11.6. The minimum atomic E-state index is -0.475. The van der Waals surface area contributed by atoms with Crippen LogP contribution in [0.3, 0.4) is 0 Å². The zero-order valence-corrected chi connectivity index (χ0v) is 11.0. The summed E-state index contributed by atoms with van der Waals surface area (Å²) in [4.78, 5) is 11.6. The topological polar surface area (TPSA) is 47.6 Å². The Kier molecular flexibility index (Phi) is 3.57. The van der Waals surface area contributed by atoms with Gasteiger partial charge in [-0.15, -0.1) is 0 Å². The second-order valence-electron chi connectivity index (χ2n) is 5.42. The van der Waals surface area contributed by atoms with Gasteiger partial charge < -0.3 is 14.8 Å². The highest BCUT2D eigenvalue weighted by atomic mass is 16.6. The fraction of sp³-hybridized carbons (Fsp3) is 0.500. The van der Waals surface area contributed by atoms with Crippen molar-refractivity contribution in [3.63, 3.8) is 0 Å². The summed E-state index contributed by atoms with van der Waals surface area (Å²) in [6, 6.07) is 9.85. The average Bonchev–Trinajstić information content (AvgIpc) is 2.23. The van der Waals surface area contributed by atoms with Gasteiger partial charge in [0, 0.05) is 0 Å². The van der Waals surface area contributed by atoms with E-state index in [1.54, 1.807) is 0 Å². The van der Waals surface area contributed by atoms with E-state index in [2.05, 4.69) is 5.32 Å². The number of nitrogens with one attached hydrogen (secondary N) is 1. The summed E-state index contributed by atoms with van der Waals surface area (Å²) in [5.41, 5.74) is 0.599. The van der Waals surface area contributed by atoms with Crippen LogP contribution in [-0.2, 0) is 9.47 Å². The first-order chi connectivity index (χ1) is 8.46. The van der Waals surface area contributed by atoms with Crippen LogP contribution in [-0.4, -0.2) is 24.3 Å². The predicted molar refractivity (Wildman–Crippen MR) is 68.3 cm³/mol. The van der Waals surface area contributed by atoms with Crippen LogP contribution in [0.5, 0.6) is 0 Å². The Morgan fingerprint density at radius 2 is 2.00 bits per heavy atom. The highest BCUT2D eigenvalue weighted by Crippen LogP contribution is 2.29. The number of ether oxygens (including phenoxy) is 2. The van der Waals surface area contributed by atoms with Crippen molar-refractivity contribution in [2.45, 2.75) is 38.5 Å². The molecule has 1 heterocycles. The maximum Gasteiger partial charge on any atom is 0.408 e. The number of amides is 1. The van der Waals surface area contributed by atoms with Crippen molar-refractivity contribution < 1.29 is 14.3 Å². The summed E-state index contributed by atoms with van der Waals surface area (Å²) in [5.74, 6) is 0. The van der Waals surface area contributed by atoms with E-state index in [0.717, 1.165) is 5.56 Å². The third-order valence-electron chi connectivity index (χ3n) is 2.65. The molecule has 0 spiro atoms. The van der Waals surface area contributed by atoms with Gasteiger partial charge in [-0.3, -0.25) is 0 Å². The summed E-state index contributed by atoms with van der Waals surface area (Å²) in [6.07, 6.45) is -0.463. The Bertz CT molecular complexity index is 411. The Labute approximate surface area is 107 Å². The number of benzene rings is 1. The number of carbonyl (C=O) groups is 1. The van der Waals surface area contributed by atoms with E-state index in [0.29, 0.717) is 6.61 Å². The molecule has 0 radical (unpaired) electrons. The molecule has 1 aliphatic heterocycles. The lowest BCUT2D eigenvalue weighted by Gasteiger charge is -2.37. The molecule has 1 aromatic carbocycles. The number of carbonyl (C=O) groups excluding carboxylic acids is 1. The van der Waals surface area contributed by atoms with Gasteiger partial charge in [-0.2, -0.15) is 0 Å². The van der Waals surface area contributed by atoms with E-state index in [-0.39, 0.29) is 12.1 Å². The van der Waals surface area contributed by atoms with E-state index in [4.69, 9.17) is 9.47 Å². The van der Waals surface area contributed by atoms with Crippen LogP contribution in [0.25, 0.3) is 0 Å². The van der Waals surface area contributed by atoms with Crippen LogP contribution in [0.15, 0.2) is 30.3 Å². The molecule has 0 bridgehead atoms. The quantitative estimate of drug-likeness (QED) is 0.876. The van der Waals surface area contributed by atoms with Crippen LogP contribution in [0.2, 0.25) is 0 Å². The van der Waals surface area contributed by atoms with Crippen molar-refractivity contribution in [3.05, 3.63) is 35.9 Å². The predicted octanol–water partition coefficient (Wildman–Crippen LogP) is 2.65. The molecule has 4 nitrogen and oxygen atoms in total. The highest BCUT2D eigenvalue weighted by Gasteiger charge is 2.35. The summed E-state index contributed by atoms with van der Waals surface area (Å²) < 4.78 is 10.7. The van der Waals surface area contributed by atoms with E-state index < -0.39 is 11.7 Å². The van der Waals surface area contributed by atoms with Crippen LogP contribution in [0.1, 0.15) is 32.4 Å². The zero-order valence-electron chi connectivity index (χ0n) is 11.0. The van der Waals surface area contributed by atoms with Crippen LogP contribution in [0.4, 0.5) is 4.79 Å². The SMILES string of the molecule is CC(C)(C)OC(=O)N[C@@H]1CO[C@H]1c1ccccc1. The monoisotopic (exact) mass is 249 g/mol. The summed E-state index contributed by atoms with van der Waals surface area (Å²) in [6.45, 7) is 6.06. The van der Waals surface area contributed by atoms with Crippen molar-refractivity contribution in [3.8, 4) is 0 Å². The molecule has 2 rings (SSSR count). The molecule has 0 aliphatic carbocycles. The first-order valence-electron chi connectivity index (χ1n) is 6.12. The fourth-order valence-electron chi connectivity index (χ4n) is 1.84.